The second-order valence-electron chi connectivity index (χ2n) is 10.2. The third-order valence-corrected chi connectivity index (χ3v) is 6.80. The van der Waals surface area contributed by atoms with Crippen LogP contribution < -0.4 is 27.2 Å². The number of rotatable bonds is 17. The van der Waals surface area contributed by atoms with Gasteiger partial charge in [-0.3, -0.25) is 23.7 Å². The zero-order valence-electron chi connectivity index (χ0n) is 23.4. The summed E-state index contributed by atoms with van der Waals surface area (Å²) >= 11 is 0. The van der Waals surface area contributed by atoms with Crippen LogP contribution in [0.4, 0.5) is 0 Å². The van der Waals surface area contributed by atoms with Crippen molar-refractivity contribution in [2.24, 2.45) is 11.7 Å². The molecule has 0 radical (unpaired) electrons. The quantitative estimate of drug-likeness (QED) is 0.111. The summed E-state index contributed by atoms with van der Waals surface area (Å²) in [5.74, 6) is -0.530. The maximum absolute atomic E-state index is 12.6. The Kier molecular flexibility index (Phi) is 13.9. The molecule has 0 saturated carbocycles. The van der Waals surface area contributed by atoms with E-state index in [-0.39, 0.29) is 30.8 Å². The highest BCUT2D eigenvalue weighted by Gasteiger charge is 2.48. The van der Waals surface area contributed by atoms with Gasteiger partial charge < -0.3 is 39.6 Å². The fourth-order valence-electron chi connectivity index (χ4n) is 3.79. The van der Waals surface area contributed by atoms with E-state index in [9.17, 15) is 28.9 Å². The lowest BCUT2D eigenvalue weighted by atomic mass is 10.1. The number of carbonyl (C=O) groups is 1. The van der Waals surface area contributed by atoms with Crippen molar-refractivity contribution in [1.29, 1.82) is 0 Å². The Labute approximate surface area is 233 Å². The number of H-pyrrole nitrogens is 1. The lowest BCUT2D eigenvalue weighted by molar-refractivity contribution is -0.234. The fourth-order valence-corrected chi connectivity index (χ4v) is 4.89. The van der Waals surface area contributed by atoms with Crippen LogP contribution in [0.5, 0.6) is 0 Å². The highest BCUT2D eigenvalue weighted by Crippen LogP contribution is 2.45. The Bertz CT molecular complexity index is 1140. The van der Waals surface area contributed by atoms with Gasteiger partial charge in [-0.05, 0) is 45.2 Å². The highest BCUT2D eigenvalue weighted by atomic mass is 31.2. The molecule has 0 aliphatic carbocycles. The minimum absolute atomic E-state index is 0.0670. The van der Waals surface area contributed by atoms with Crippen molar-refractivity contribution in [2.45, 2.75) is 84.0 Å². The molecule has 0 spiro atoms. The van der Waals surface area contributed by atoms with Gasteiger partial charge >= 0.3 is 5.69 Å². The minimum atomic E-state index is -4.86. The molecule has 5 N–H and O–H groups in total. The van der Waals surface area contributed by atoms with Gasteiger partial charge in [0.2, 0.25) is 5.91 Å². The Balaban J connectivity index is 2.21. The number of phosphoric acid groups is 1. The number of ether oxygens (including phenoxy) is 2. The summed E-state index contributed by atoms with van der Waals surface area (Å²) in [6.45, 7) is 7.82. The van der Waals surface area contributed by atoms with Gasteiger partial charge in [-0.2, -0.15) is 0 Å². The van der Waals surface area contributed by atoms with Gasteiger partial charge in [0.15, 0.2) is 6.23 Å². The van der Waals surface area contributed by atoms with E-state index in [0.717, 1.165) is 42.5 Å². The summed E-state index contributed by atoms with van der Waals surface area (Å²) in [5.41, 5.74) is 3.71. The average molecular weight is 590 g/mol. The molecular formula is C25H42N4O10P-. The molecule has 0 bridgehead atoms. The Morgan fingerprint density at radius 1 is 1.27 bits per heavy atom. The first-order valence-electron chi connectivity index (χ1n) is 13.4. The van der Waals surface area contributed by atoms with Crippen molar-refractivity contribution in [1.82, 2.24) is 14.9 Å². The van der Waals surface area contributed by atoms with Crippen LogP contribution >= 0.6 is 7.82 Å². The van der Waals surface area contributed by atoms with Crippen molar-refractivity contribution in [3.8, 4) is 0 Å². The number of aromatic amines is 1. The number of phosphoric ester groups is 1. The molecule has 2 unspecified atom stereocenters. The van der Waals surface area contributed by atoms with Crippen LogP contribution in [-0.2, 0) is 27.9 Å². The van der Waals surface area contributed by atoms with E-state index in [2.05, 4.69) is 10.3 Å². The summed E-state index contributed by atoms with van der Waals surface area (Å²) < 4.78 is 34.7. The Hall–Kier alpha value is -2.16. The van der Waals surface area contributed by atoms with E-state index in [1.54, 1.807) is 27.7 Å². The maximum Gasteiger partial charge on any atom is 0.330 e. The van der Waals surface area contributed by atoms with Gasteiger partial charge in [-0.15, -0.1) is 0 Å². The molecule has 1 aromatic rings. The highest BCUT2D eigenvalue weighted by molar-refractivity contribution is 7.45. The van der Waals surface area contributed by atoms with E-state index < -0.39 is 49.5 Å². The predicted octanol–water partition coefficient (Wildman–Crippen LogP) is 0.395. The van der Waals surface area contributed by atoms with Crippen LogP contribution in [0.1, 0.15) is 65.2 Å². The van der Waals surface area contributed by atoms with Crippen molar-refractivity contribution in [3.63, 3.8) is 0 Å². The molecule has 1 aromatic heterocycles. The van der Waals surface area contributed by atoms with Crippen molar-refractivity contribution >= 4 is 19.8 Å². The zero-order chi connectivity index (χ0) is 29.9. The molecule has 5 atom stereocenters. The van der Waals surface area contributed by atoms with Crippen LogP contribution in [0.25, 0.3) is 6.08 Å². The second kappa shape index (κ2) is 16.3. The lowest BCUT2D eigenvalue weighted by Crippen LogP contribution is -2.40. The van der Waals surface area contributed by atoms with E-state index in [1.165, 1.54) is 6.08 Å². The van der Waals surface area contributed by atoms with Crippen LogP contribution in [0.3, 0.4) is 0 Å². The van der Waals surface area contributed by atoms with E-state index in [1.807, 2.05) is 0 Å². The second-order valence-corrected chi connectivity index (χ2v) is 11.6. The number of hydrogen-bond acceptors (Lipinski definition) is 11. The third kappa shape index (κ3) is 11.0. The number of carbonyl (C=O) groups excluding carboxylic acids is 1. The molecule has 15 heteroatoms. The molecule has 1 aliphatic heterocycles. The molecule has 228 valence electrons. The summed E-state index contributed by atoms with van der Waals surface area (Å²) in [4.78, 5) is 51.7. The molecule has 1 amide bonds. The number of unbranched alkanes of at least 4 members (excludes halogenated alkanes) is 3. The van der Waals surface area contributed by atoms with Crippen molar-refractivity contribution in [3.05, 3.63) is 38.7 Å². The molecule has 1 saturated heterocycles. The summed E-state index contributed by atoms with van der Waals surface area (Å²) in [7, 11) is -4.86. The van der Waals surface area contributed by atoms with Crippen LogP contribution in [-0.4, -0.2) is 71.3 Å². The topological polar surface area (TPSA) is 207 Å². The molecule has 40 heavy (non-hydrogen) atoms. The van der Waals surface area contributed by atoms with Crippen molar-refractivity contribution in [2.75, 3.05) is 26.3 Å². The van der Waals surface area contributed by atoms with Gasteiger partial charge in [0.25, 0.3) is 13.4 Å². The number of amides is 1. The van der Waals surface area contributed by atoms with Gasteiger partial charge in [0, 0.05) is 18.8 Å². The first kappa shape index (κ1) is 34.0. The SMILES string of the molecule is CC(C)COP(=O)([O-])OC1[C@@H](COC(C)C)O[C@@H](n2cc(/C=C/C(=O)NCCCCCCN)c(=O)[nH]c2=O)[C@H]1O. The van der Waals surface area contributed by atoms with Gasteiger partial charge in [-0.1, -0.05) is 26.7 Å². The molecule has 0 aromatic carbocycles. The van der Waals surface area contributed by atoms with E-state index >= 15 is 0 Å². The van der Waals surface area contributed by atoms with Gasteiger partial charge in [0.05, 0.1) is 24.9 Å². The van der Waals surface area contributed by atoms with Crippen LogP contribution in [0.2, 0.25) is 0 Å². The number of aliphatic hydroxyl groups is 1. The van der Waals surface area contributed by atoms with E-state index in [0.29, 0.717) is 13.1 Å². The monoisotopic (exact) mass is 589 g/mol. The van der Waals surface area contributed by atoms with Crippen LogP contribution in [0, 0.1) is 5.92 Å². The smallest absolute Gasteiger partial charge is 0.330 e. The largest absolute Gasteiger partial charge is 0.756 e. The molecule has 2 heterocycles. The molecular weight excluding hydrogens is 547 g/mol. The number of hydrogen-bond donors (Lipinski definition) is 4. The van der Waals surface area contributed by atoms with Crippen LogP contribution in [0.15, 0.2) is 21.9 Å². The van der Waals surface area contributed by atoms with Gasteiger partial charge in [0.1, 0.15) is 18.3 Å². The van der Waals surface area contributed by atoms with Gasteiger partial charge in [-0.25, -0.2) is 4.79 Å². The summed E-state index contributed by atoms with van der Waals surface area (Å²) in [5, 5.41) is 13.7. The van der Waals surface area contributed by atoms with E-state index in [4.69, 9.17) is 24.3 Å². The number of nitrogens with one attached hydrogen (secondary N) is 2. The first-order valence-corrected chi connectivity index (χ1v) is 14.9. The average Bonchev–Trinajstić information content (AvgIpc) is 3.17. The lowest BCUT2D eigenvalue weighted by Gasteiger charge is -2.30. The normalized spacial score (nSPS) is 22.8. The number of nitrogens with two attached hydrogens (primary N) is 1. The fraction of sp³-hybridized carbons (Fsp3) is 0.720. The Morgan fingerprint density at radius 2 is 1.98 bits per heavy atom. The first-order chi connectivity index (χ1) is 18.8. The number of nitrogens with zero attached hydrogens (tertiary/aromatic N) is 1. The maximum atomic E-state index is 12.6. The number of aliphatic hydroxyl groups excluding tert-OH is 1. The molecule has 2 rings (SSSR count). The van der Waals surface area contributed by atoms with Crippen molar-refractivity contribution < 1.29 is 37.9 Å². The summed E-state index contributed by atoms with van der Waals surface area (Å²) in [6.07, 6.45) is 1.18. The standard InChI is InChI=1S/C25H43N4O10P/c1-16(2)14-37-40(34,35)39-22-19(15-36-17(3)4)38-24(21(22)31)29-13-18(23(32)28-25(29)33)9-10-20(30)27-12-8-6-5-7-11-26/h9-10,13,16-17,19,21-22,24,31H,5-8,11-12,14-15,26H2,1-4H3,(H,27,30)(H,34,35)(H,28,32,33)/p-1/b10-9+/t19-,21+,22?,24-/m1/s1. The summed E-state index contributed by atoms with van der Waals surface area (Å²) in [6, 6.07) is 0. The number of aromatic nitrogens is 2. The minimum Gasteiger partial charge on any atom is -0.756 e. The zero-order valence-corrected chi connectivity index (χ0v) is 24.3. The third-order valence-electron chi connectivity index (χ3n) is 5.83. The Morgan fingerprint density at radius 3 is 2.62 bits per heavy atom. The molecule has 1 fully saturated rings. The predicted molar refractivity (Wildman–Crippen MR) is 145 cm³/mol. The molecule has 14 nitrogen and oxygen atoms in total. The molecule has 1 aliphatic rings.